The van der Waals surface area contributed by atoms with Crippen LogP contribution in [0.2, 0.25) is 0 Å². The zero-order valence-corrected chi connectivity index (χ0v) is 17.1. The number of carbonyl (C=O) groups is 2. The lowest BCUT2D eigenvalue weighted by Gasteiger charge is -2.13. The Balaban J connectivity index is 1.60. The number of benzene rings is 1. The summed E-state index contributed by atoms with van der Waals surface area (Å²) in [6.07, 6.45) is 2.18. The van der Waals surface area contributed by atoms with E-state index >= 15 is 0 Å². The van der Waals surface area contributed by atoms with E-state index in [9.17, 15) is 9.59 Å². The molecule has 0 bridgehead atoms. The third-order valence-electron chi connectivity index (χ3n) is 4.51. The highest BCUT2D eigenvalue weighted by Crippen LogP contribution is 2.25. The molecule has 0 saturated carbocycles. The summed E-state index contributed by atoms with van der Waals surface area (Å²) < 4.78 is 7.34. The van der Waals surface area contributed by atoms with Crippen LogP contribution in [0.3, 0.4) is 0 Å². The molecule has 1 N–H and O–H groups in total. The maximum atomic E-state index is 12.8. The normalized spacial score (nSPS) is 17.6. The Morgan fingerprint density at radius 2 is 2.04 bits per heavy atom. The number of amides is 1. The van der Waals surface area contributed by atoms with Gasteiger partial charge < -0.3 is 10.1 Å². The van der Waals surface area contributed by atoms with Crippen LogP contribution in [-0.4, -0.2) is 49.9 Å². The molecule has 3 rings (SSSR count). The maximum Gasteiger partial charge on any atom is 0.226 e. The summed E-state index contributed by atoms with van der Waals surface area (Å²) in [5, 5.41) is 14.9. The summed E-state index contributed by atoms with van der Waals surface area (Å²) in [6, 6.07) is 6.94. The van der Waals surface area contributed by atoms with Crippen LogP contribution >= 0.6 is 11.8 Å². The monoisotopic (exact) mass is 403 g/mol. The first-order valence-electron chi connectivity index (χ1n) is 9.43. The van der Waals surface area contributed by atoms with Crippen LogP contribution < -0.4 is 5.32 Å². The third kappa shape index (κ3) is 5.17. The Morgan fingerprint density at radius 1 is 1.29 bits per heavy atom. The fourth-order valence-electron chi connectivity index (χ4n) is 2.83. The molecule has 28 heavy (non-hydrogen) atoms. The number of Topliss-reactive ketones (excluding diaryl/α,β-unsaturated/α-hetero) is 1. The molecule has 1 aliphatic heterocycles. The summed E-state index contributed by atoms with van der Waals surface area (Å²) in [6.45, 7) is 6.88. The van der Waals surface area contributed by atoms with Crippen molar-refractivity contribution in [3.63, 3.8) is 0 Å². The van der Waals surface area contributed by atoms with E-state index in [1.54, 1.807) is 28.9 Å². The van der Waals surface area contributed by atoms with Gasteiger partial charge in [0.1, 0.15) is 0 Å². The summed E-state index contributed by atoms with van der Waals surface area (Å²) >= 11 is 1.33. The van der Waals surface area contributed by atoms with Crippen LogP contribution in [0.15, 0.2) is 29.4 Å². The lowest BCUT2D eigenvalue weighted by molar-refractivity contribution is -0.118. The van der Waals surface area contributed by atoms with Gasteiger partial charge in [-0.05, 0) is 54.5 Å². The molecule has 0 spiro atoms. The zero-order valence-electron chi connectivity index (χ0n) is 16.3. The number of hydrogen-bond donors (Lipinski definition) is 1. The standard InChI is InChI=1S/C19H25N5O3S/c1-12(2)18(26)20-15-8-6-14(7-9-15)17(25)13(3)28-19-21-22-23-24(19)11-16-5-4-10-27-16/h6-9,12-13,16H,4-5,10-11H2,1-3H3,(H,20,26)/t13-,16-/m1/s1. The first kappa shape index (κ1) is 20.5. The molecule has 1 fully saturated rings. The average molecular weight is 404 g/mol. The number of nitrogens with zero attached hydrogens (tertiary/aromatic N) is 4. The van der Waals surface area contributed by atoms with E-state index in [4.69, 9.17) is 4.74 Å². The van der Waals surface area contributed by atoms with Crippen LogP contribution in [0.5, 0.6) is 0 Å². The molecule has 0 unspecified atom stereocenters. The first-order chi connectivity index (χ1) is 13.4. The number of tetrazole rings is 1. The number of aromatic nitrogens is 4. The fraction of sp³-hybridized carbons (Fsp3) is 0.526. The van der Waals surface area contributed by atoms with Crippen molar-refractivity contribution in [3.8, 4) is 0 Å². The minimum Gasteiger partial charge on any atom is -0.376 e. The van der Waals surface area contributed by atoms with Crippen molar-refractivity contribution in [1.82, 2.24) is 20.2 Å². The summed E-state index contributed by atoms with van der Waals surface area (Å²) in [5.41, 5.74) is 1.26. The largest absolute Gasteiger partial charge is 0.376 e. The Hall–Kier alpha value is -2.26. The van der Waals surface area contributed by atoms with Gasteiger partial charge in [-0.15, -0.1) is 5.10 Å². The number of ether oxygens (including phenoxy) is 1. The summed E-state index contributed by atoms with van der Waals surface area (Å²) in [5.74, 6) is -0.169. The molecule has 1 aromatic carbocycles. The van der Waals surface area contributed by atoms with E-state index in [0.29, 0.717) is 23.0 Å². The van der Waals surface area contributed by atoms with E-state index in [-0.39, 0.29) is 29.0 Å². The minimum atomic E-state index is -0.342. The quantitative estimate of drug-likeness (QED) is 0.534. The van der Waals surface area contributed by atoms with Crippen LogP contribution in [0, 0.1) is 5.92 Å². The zero-order chi connectivity index (χ0) is 20.1. The molecule has 1 aromatic heterocycles. The van der Waals surface area contributed by atoms with Crippen molar-refractivity contribution in [2.24, 2.45) is 5.92 Å². The molecule has 9 heteroatoms. The Morgan fingerprint density at radius 3 is 2.68 bits per heavy atom. The van der Waals surface area contributed by atoms with Gasteiger partial charge in [0.15, 0.2) is 5.78 Å². The highest BCUT2D eigenvalue weighted by atomic mass is 32.2. The maximum absolute atomic E-state index is 12.8. The van der Waals surface area contributed by atoms with E-state index < -0.39 is 0 Å². The molecule has 2 heterocycles. The van der Waals surface area contributed by atoms with E-state index in [1.807, 2.05) is 20.8 Å². The molecular formula is C19H25N5O3S. The number of rotatable bonds is 8. The molecular weight excluding hydrogens is 378 g/mol. The Bertz CT molecular complexity index is 815. The lowest BCUT2D eigenvalue weighted by atomic mass is 10.1. The molecule has 0 aliphatic carbocycles. The van der Waals surface area contributed by atoms with Gasteiger partial charge >= 0.3 is 0 Å². The number of carbonyl (C=O) groups excluding carboxylic acids is 2. The van der Waals surface area contributed by atoms with Crippen LogP contribution in [0.1, 0.15) is 44.0 Å². The number of hydrogen-bond acceptors (Lipinski definition) is 7. The molecule has 1 aliphatic rings. The van der Waals surface area contributed by atoms with Crippen molar-refractivity contribution in [2.45, 2.75) is 56.7 Å². The highest BCUT2D eigenvalue weighted by Gasteiger charge is 2.23. The van der Waals surface area contributed by atoms with Crippen LogP contribution in [0.25, 0.3) is 0 Å². The van der Waals surface area contributed by atoms with E-state index in [0.717, 1.165) is 19.4 Å². The average Bonchev–Trinajstić information content (AvgIpc) is 3.34. The van der Waals surface area contributed by atoms with Crippen molar-refractivity contribution in [2.75, 3.05) is 11.9 Å². The SMILES string of the molecule is CC(C)C(=O)Nc1ccc(C(=O)[C@@H](C)Sc2nnnn2C[C@H]2CCCO2)cc1. The second-order valence-electron chi connectivity index (χ2n) is 7.12. The molecule has 2 aromatic rings. The Kier molecular flexibility index (Phi) is 6.79. The van der Waals surface area contributed by atoms with Gasteiger partial charge in [-0.3, -0.25) is 9.59 Å². The molecule has 1 amide bonds. The van der Waals surface area contributed by atoms with Gasteiger partial charge in [-0.2, -0.15) is 0 Å². The van der Waals surface area contributed by atoms with Gasteiger partial charge in [0.25, 0.3) is 0 Å². The van der Waals surface area contributed by atoms with E-state index in [1.165, 1.54) is 11.8 Å². The molecule has 0 radical (unpaired) electrons. The molecule has 150 valence electrons. The van der Waals surface area contributed by atoms with Gasteiger partial charge in [0.05, 0.1) is 17.9 Å². The molecule has 8 nitrogen and oxygen atoms in total. The molecule has 1 saturated heterocycles. The van der Waals surface area contributed by atoms with Gasteiger partial charge in [0, 0.05) is 23.8 Å². The second-order valence-corrected chi connectivity index (χ2v) is 8.43. The van der Waals surface area contributed by atoms with Crippen molar-refractivity contribution in [3.05, 3.63) is 29.8 Å². The first-order valence-corrected chi connectivity index (χ1v) is 10.3. The van der Waals surface area contributed by atoms with E-state index in [2.05, 4.69) is 20.8 Å². The van der Waals surface area contributed by atoms with Crippen molar-refractivity contribution in [1.29, 1.82) is 0 Å². The number of ketones is 1. The lowest BCUT2D eigenvalue weighted by Crippen LogP contribution is -2.19. The van der Waals surface area contributed by atoms with Gasteiger partial charge in [-0.25, -0.2) is 4.68 Å². The fourth-order valence-corrected chi connectivity index (χ4v) is 3.70. The highest BCUT2D eigenvalue weighted by molar-refractivity contribution is 8.00. The van der Waals surface area contributed by atoms with Crippen molar-refractivity contribution < 1.29 is 14.3 Å². The summed E-state index contributed by atoms with van der Waals surface area (Å²) in [7, 11) is 0. The van der Waals surface area contributed by atoms with Crippen LogP contribution in [0.4, 0.5) is 5.69 Å². The second kappa shape index (κ2) is 9.29. The predicted molar refractivity (Wildman–Crippen MR) is 106 cm³/mol. The minimum absolute atomic E-state index is 0.0154. The van der Waals surface area contributed by atoms with Gasteiger partial charge in [0.2, 0.25) is 11.1 Å². The van der Waals surface area contributed by atoms with Crippen molar-refractivity contribution >= 4 is 29.1 Å². The number of thioether (sulfide) groups is 1. The predicted octanol–water partition coefficient (Wildman–Crippen LogP) is 2.81. The molecule has 2 atom stereocenters. The topological polar surface area (TPSA) is 99.0 Å². The summed E-state index contributed by atoms with van der Waals surface area (Å²) in [4.78, 5) is 24.5. The number of anilines is 1. The smallest absolute Gasteiger partial charge is 0.226 e. The number of nitrogens with one attached hydrogen (secondary N) is 1. The Labute approximate surface area is 168 Å². The van der Waals surface area contributed by atoms with Crippen LogP contribution in [-0.2, 0) is 16.1 Å². The van der Waals surface area contributed by atoms with Gasteiger partial charge in [-0.1, -0.05) is 25.6 Å². The third-order valence-corrected chi connectivity index (χ3v) is 5.58.